The number of aryl methyl sites for hydroxylation is 1. The molecule has 0 fully saturated rings. The van der Waals surface area contributed by atoms with Gasteiger partial charge in [0.15, 0.2) is 11.5 Å². The first-order valence-corrected chi connectivity index (χ1v) is 13.2. The van der Waals surface area contributed by atoms with Gasteiger partial charge >= 0.3 is 0 Å². The lowest BCUT2D eigenvalue weighted by Crippen LogP contribution is -2.13. The molecular formula is C33H29ClN2O4. The Kier molecular flexibility index (Phi) is 9.82. The second kappa shape index (κ2) is 13.9. The highest BCUT2D eigenvalue weighted by Crippen LogP contribution is 2.31. The van der Waals surface area contributed by atoms with Crippen molar-refractivity contribution in [1.29, 1.82) is 5.26 Å². The topological polar surface area (TPSA) is 80.6 Å². The summed E-state index contributed by atoms with van der Waals surface area (Å²) in [6, 6.07) is 30.0. The van der Waals surface area contributed by atoms with E-state index in [2.05, 4.69) is 5.32 Å². The van der Waals surface area contributed by atoms with E-state index in [0.29, 0.717) is 46.7 Å². The zero-order valence-electron chi connectivity index (χ0n) is 22.3. The summed E-state index contributed by atoms with van der Waals surface area (Å²) in [6.45, 7) is 4.97. The molecule has 0 atom stereocenters. The maximum atomic E-state index is 12.8. The molecule has 0 spiro atoms. The van der Waals surface area contributed by atoms with Gasteiger partial charge < -0.3 is 19.5 Å². The van der Waals surface area contributed by atoms with Gasteiger partial charge in [0.05, 0.1) is 6.61 Å². The van der Waals surface area contributed by atoms with Crippen LogP contribution in [0.2, 0.25) is 5.02 Å². The normalized spacial score (nSPS) is 10.9. The first-order valence-electron chi connectivity index (χ1n) is 12.8. The van der Waals surface area contributed by atoms with Crippen molar-refractivity contribution in [1.82, 2.24) is 0 Å². The van der Waals surface area contributed by atoms with Crippen LogP contribution in [0.5, 0.6) is 17.2 Å². The molecule has 202 valence electrons. The van der Waals surface area contributed by atoms with E-state index in [1.54, 1.807) is 24.3 Å². The average molecular weight is 553 g/mol. The third kappa shape index (κ3) is 7.89. The van der Waals surface area contributed by atoms with Crippen LogP contribution >= 0.6 is 11.6 Å². The number of carbonyl (C=O) groups excluding carboxylic acids is 1. The zero-order valence-corrected chi connectivity index (χ0v) is 23.1. The third-order valence-corrected chi connectivity index (χ3v) is 6.09. The highest BCUT2D eigenvalue weighted by Gasteiger charge is 2.13. The number of nitrogens with one attached hydrogen (secondary N) is 1. The fourth-order valence-corrected chi connectivity index (χ4v) is 4.10. The maximum absolute atomic E-state index is 12.8. The molecular weight excluding hydrogens is 524 g/mol. The number of carbonyl (C=O) groups is 1. The fourth-order valence-electron chi connectivity index (χ4n) is 3.92. The second-order valence-electron chi connectivity index (χ2n) is 8.95. The van der Waals surface area contributed by atoms with E-state index >= 15 is 0 Å². The number of amides is 1. The van der Waals surface area contributed by atoms with Crippen molar-refractivity contribution in [3.8, 4) is 23.3 Å². The third-order valence-electron chi connectivity index (χ3n) is 5.85. The number of rotatable bonds is 11. The molecule has 0 saturated carbocycles. The predicted molar refractivity (Wildman–Crippen MR) is 158 cm³/mol. The van der Waals surface area contributed by atoms with Crippen LogP contribution in [0.3, 0.4) is 0 Å². The van der Waals surface area contributed by atoms with Gasteiger partial charge in [-0.1, -0.05) is 60.1 Å². The molecule has 7 heteroatoms. The van der Waals surface area contributed by atoms with Crippen molar-refractivity contribution in [2.75, 3.05) is 11.9 Å². The minimum Gasteiger partial charge on any atom is -0.490 e. The number of hydrogen-bond donors (Lipinski definition) is 1. The molecule has 0 bridgehead atoms. The predicted octanol–water partition coefficient (Wildman–Crippen LogP) is 7.75. The maximum Gasteiger partial charge on any atom is 0.266 e. The van der Waals surface area contributed by atoms with E-state index in [-0.39, 0.29) is 12.2 Å². The molecule has 4 aromatic rings. The lowest BCUT2D eigenvalue weighted by atomic mass is 10.1. The van der Waals surface area contributed by atoms with Crippen LogP contribution in [0.15, 0.2) is 96.6 Å². The van der Waals surface area contributed by atoms with E-state index < -0.39 is 5.91 Å². The summed E-state index contributed by atoms with van der Waals surface area (Å²) in [4.78, 5) is 12.8. The molecule has 0 aliphatic rings. The van der Waals surface area contributed by atoms with Crippen LogP contribution in [0, 0.1) is 18.3 Å². The molecule has 0 aromatic heterocycles. The van der Waals surface area contributed by atoms with Crippen molar-refractivity contribution in [3.05, 3.63) is 124 Å². The summed E-state index contributed by atoms with van der Waals surface area (Å²) in [5.74, 6) is 1.22. The number of ether oxygens (including phenoxy) is 3. The molecule has 1 amide bonds. The number of nitrogens with zero attached hydrogens (tertiary/aromatic N) is 1. The Hall–Kier alpha value is -4.73. The highest BCUT2D eigenvalue weighted by molar-refractivity contribution is 6.30. The van der Waals surface area contributed by atoms with Crippen molar-refractivity contribution >= 4 is 29.3 Å². The van der Waals surface area contributed by atoms with Crippen LogP contribution in [0.4, 0.5) is 5.69 Å². The summed E-state index contributed by atoms with van der Waals surface area (Å²) in [5, 5.41) is 12.9. The Bertz CT molecular complexity index is 1540. The molecule has 0 aliphatic carbocycles. The van der Waals surface area contributed by atoms with Gasteiger partial charge in [-0.2, -0.15) is 5.26 Å². The molecule has 40 heavy (non-hydrogen) atoms. The Morgan fingerprint density at radius 2 is 1.60 bits per heavy atom. The monoisotopic (exact) mass is 552 g/mol. The first kappa shape index (κ1) is 28.3. The molecule has 0 heterocycles. The van der Waals surface area contributed by atoms with Gasteiger partial charge in [-0.15, -0.1) is 0 Å². The quantitative estimate of drug-likeness (QED) is 0.152. The van der Waals surface area contributed by atoms with Gasteiger partial charge in [0.25, 0.3) is 5.91 Å². The number of hydrogen-bond acceptors (Lipinski definition) is 5. The molecule has 1 N–H and O–H groups in total. The molecule has 4 rings (SSSR count). The minimum atomic E-state index is -0.522. The lowest BCUT2D eigenvalue weighted by molar-refractivity contribution is -0.112. The SMILES string of the molecule is CCOc1cc(COc2ccc(Cl)cc2/C=C(\C#N)C(=O)Nc2cccc(C)c2)ccc1OCc1ccccc1. The molecule has 0 saturated heterocycles. The Labute approximate surface area is 239 Å². The van der Waals surface area contributed by atoms with E-state index in [9.17, 15) is 10.1 Å². The zero-order chi connectivity index (χ0) is 28.3. The van der Waals surface area contributed by atoms with Crippen LogP contribution in [0.1, 0.15) is 29.2 Å². The number of anilines is 1. The van der Waals surface area contributed by atoms with Crippen LogP contribution in [-0.2, 0) is 18.0 Å². The van der Waals surface area contributed by atoms with Crippen molar-refractivity contribution in [2.24, 2.45) is 0 Å². The lowest BCUT2D eigenvalue weighted by Gasteiger charge is -2.15. The van der Waals surface area contributed by atoms with Gasteiger partial charge in [-0.25, -0.2) is 0 Å². The molecule has 0 aliphatic heterocycles. The molecule has 0 radical (unpaired) electrons. The number of benzene rings is 4. The van der Waals surface area contributed by atoms with Gasteiger partial charge in [-0.3, -0.25) is 4.79 Å². The second-order valence-corrected chi connectivity index (χ2v) is 9.39. The standard InChI is InChI=1S/C33H29ClN2O4/c1-3-38-32-17-25(12-14-31(32)40-21-24-9-5-4-6-10-24)22-39-30-15-13-28(34)19-26(30)18-27(20-35)33(37)36-29-11-7-8-23(2)16-29/h4-19H,3,21-22H2,1-2H3,(H,36,37)/b27-18+. The summed E-state index contributed by atoms with van der Waals surface area (Å²) >= 11 is 6.24. The van der Waals surface area contributed by atoms with Gasteiger partial charge in [-0.05, 0) is 79.1 Å². The molecule has 6 nitrogen and oxygen atoms in total. The average Bonchev–Trinajstić information content (AvgIpc) is 2.95. The number of halogens is 1. The summed E-state index contributed by atoms with van der Waals surface area (Å²) < 4.78 is 17.9. The number of nitriles is 1. The summed E-state index contributed by atoms with van der Waals surface area (Å²) in [6.07, 6.45) is 1.47. The molecule has 0 unspecified atom stereocenters. The summed E-state index contributed by atoms with van der Waals surface area (Å²) in [5.41, 5.74) is 3.95. The fraction of sp³-hybridized carbons (Fsp3) is 0.152. The first-order chi connectivity index (χ1) is 19.4. The van der Waals surface area contributed by atoms with Crippen LogP contribution in [0.25, 0.3) is 6.08 Å². The molecule has 4 aromatic carbocycles. The Morgan fingerprint density at radius 3 is 2.35 bits per heavy atom. The van der Waals surface area contributed by atoms with E-state index in [1.807, 2.05) is 86.6 Å². The largest absolute Gasteiger partial charge is 0.490 e. The Morgan fingerprint density at radius 1 is 0.850 bits per heavy atom. The van der Waals surface area contributed by atoms with Crippen LogP contribution < -0.4 is 19.5 Å². The smallest absolute Gasteiger partial charge is 0.266 e. The van der Waals surface area contributed by atoms with Crippen LogP contribution in [-0.4, -0.2) is 12.5 Å². The summed E-state index contributed by atoms with van der Waals surface area (Å²) in [7, 11) is 0. The van der Waals surface area contributed by atoms with Gasteiger partial charge in [0, 0.05) is 16.3 Å². The van der Waals surface area contributed by atoms with E-state index in [4.69, 9.17) is 25.8 Å². The van der Waals surface area contributed by atoms with Crippen molar-refractivity contribution < 1.29 is 19.0 Å². The van der Waals surface area contributed by atoms with Gasteiger partial charge in [0.2, 0.25) is 0 Å². The van der Waals surface area contributed by atoms with E-state index in [1.165, 1.54) is 6.08 Å². The Balaban J connectivity index is 1.50. The minimum absolute atomic E-state index is 0.0767. The van der Waals surface area contributed by atoms with Crippen molar-refractivity contribution in [3.63, 3.8) is 0 Å². The van der Waals surface area contributed by atoms with Crippen molar-refractivity contribution in [2.45, 2.75) is 27.1 Å². The van der Waals surface area contributed by atoms with E-state index in [0.717, 1.165) is 16.7 Å². The van der Waals surface area contributed by atoms with Gasteiger partial charge in [0.1, 0.15) is 30.6 Å². The highest BCUT2D eigenvalue weighted by atomic mass is 35.5.